The van der Waals surface area contributed by atoms with Gasteiger partial charge < -0.3 is 15.5 Å². The molecule has 0 spiro atoms. The minimum absolute atomic E-state index is 0.245. The Kier molecular flexibility index (Phi) is 6.62. The normalized spacial score (nSPS) is 10.7. The van der Waals surface area contributed by atoms with E-state index in [0.717, 1.165) is 13.0 Å². The Morgan fingerprint density at radius 1 is 1.25 bits per heavy atom. The molecule has 0 unspecified atom stereocenters. The molecule has 1 heterocycles. The van der Waals surface area contributed by atoms with Crippen LogP contribution in [-0.2, 0) is 6.54 Å². The van der Waals surface area contributed by atoms with Gasteiger partial charge in [-0.15, -0.1) is 0 Å². The molecule has 6 nitrogen and oxygen atoms in total. The van der Waals surface area contributed by atoms with Crippen LogP contribution in [0.1, 0.15) is 22.5 Å². The number of halogens is 1. The van der Waals surface area contributed by atoms with Crippen LogP contribution in [0.5, 0.6) is 0 Å². The van der Waals surface area contributed by atoms with E-state index in [1.54, 1.807) is 24.3 Å². The molecule has 0 saturated carbocycles. The molecule has 2 rings (SSSR count). The number of hydrogen-bond acceptors (Lipinski definition) is 5. The third kappa shape index (κ3) is 5.58. The second-order valence-corrected chi connectivity index (χ2v) is 5.65. The minimum Gasteiger partial charge on any atom is -0.366 e. The van der Waals surface area contributed by atoms with Gasteiger partial charge in [-0.2, -0.15) is 0 Å². The van der Waals surface area contributed by atoms with Crippen LogP contribution in [0.2, 0.25) is 0 Å². The van der Waals surface area contributed by atoms with E-state index in [2.05, 4.69) is 25.5 Å². The molecule has 2 aromatic rings. The van der Waals surface area contributed by atoms with Gasteiger partial charge >= 0.3 is 0 Å². The Balaban J connectivity index is 1.89. The summed E-state index contributed by atoms with van der Waals surface area (Å²) in [5, 5.41) is 5.82. The Labute approximate surface area is 141 Å². The topological polar surface area (TPSA) is 70.2 Å². The van der Waals surface area contributed by atoms with Crippen LogP contribution in [0.4, 0.5) is 10.2 Å². The zero-order valence-corrected chi connectivity index (χ0v) is 13.9. The van der Waals surface area contributed by atoms with Crippen molar-refractivity contribution in [2.24, 2.45) is 0 Å². The quantitative estimate of drug-likeness (QED) is 0.723. The summed E-state index contributed by atoms with van der Waals surface area (Å²) < 4.78 is 13.6. The standard InChI is InChI=1S/C17H22FN5O/c1-23(2)9-5-8-19-17(24)15-10-16(22-12-21-15)20-11-13-6-3-4-7-14(13)18/h3-4,6-7,10,12H,5,8-9,11H2,1-2H3,(H,19,24)(H,20,21,22). The summed E-state index contributed by atoms with van der Waals surface area (Å²) >= 11 is 0. The molecule has 0 aliphatic rings. The molecule has 0 atom stereocenters. The van der Waals surface area contributed by atoms with Gasteiger partial charge in [-0.25, -0.2) is 14.4 Å². The molecule has 7 heteroatoms. The summed E-state index contributed by atoms with van der Waals surface area (Å²) in [5.41, 5.74) is 0.816. The highest BCUT2D eigenvalue weighted by Gasteiger charge is 2.08. The molecule has 0 aliphatic heterocycles. The highest BCUT2D eigenvalue weighted by atomic mass is 19.1. The highest BCUT2D eigenvalue weighted by Crippen LogP contribution is 2.10. The summed E-state index contributed by atoms with van der Waals surface area (Å²) in [5.74, 6) is -0.0466. The van der Waals surface area contributed by atoms with Gasteiger partial charge in [-0.05, 0) is 33.1 Å². The first-order chi connectivity index (χ1) is 11.6. The van der Waals surface area contributed by atoms with Crippen molar-refractivity contribution in [1.82, 2.24) is 20.2 Å². The molecule has 0 fully saturated rings. The number of carbonyl (C=O) groups is 1. The van der Waals surface area contributed by atoms with E-state index in [-0.39, 0.29) is 24.0 Å². The lowest BCUT2D eigenvalue weighted by Crippen LogP contribution is -2.27. The van der Waals surface area contributed by atoms with Gasteiger partial charge in [0.25, 0.3) is 5.91 Å². The van der Waals surface area contributed by atoms with Gasteiger partial charge in [0.05, 0.1) is 0 Å². The first kappa shape index (κ1) is 17.8. The summed E-state index contributed by atoms with van der Waals surface area (Å²) in [6, 6.07) is 8.07. The second-order valence-electron chi connectivity index (χ2n) is 5.65. The van der Waals surface area contributed by atoms with Gasteiger partial charge in [-0.1, -0.05) is 18.2 Å². The Bertz CT molecular complexity index is 678. The summed E-state index contributed by atoms with van der Waals surface area (Å²) in [6.07, 6.45) is 2.18. The molecule has 0 radical (unpaired) electrons. The lowest BCUT2D eigenvalue weighted by atomic mass is 10.2. The average molecular weight is 331 g/mol. The van der Waals surface area contributed by atoms with Crippen LogP contribution in [0.25, 0.3) is 0 Å². The van der Waals surface area contributed by atoms with Crippen LogP contribution < -0.4 is 10.6 Å². The second kappa shape index (κ2) is 8.93. The van der Waals surface area contributed by atoms with Crippen molar-refractivity contribution in [3.05, 3.63) is 53.7 Å². The summed E-state index contributed by atoms with van der Waals surface area (Å²) in [7, 11) is 3.97. The van der Waals surface area contributed by atoms with Gasteiger partial charge in [-0.3, -0.25) is 4.79 Å². The number of nitrogens with zero attached hydrogens (tertiary/aromatic N) is 3. The number of aromatic nitrogens is 2. The lowest BCUT2D eigenvalue weighted by Gasteiger charge is -2.10. The zero-order valence-electron chi connectivity index (χ0n) is 13.9. The van der Waals surface area contributed by atoms with Crippen molar-refractivity contribution in [3.8, 4) is 0 Å². The number of amides is 1. The van der Waals surface area contributed by atoms with Crippen molar-refractivity contribution in [3.63, 3.8) is 0 Å². The van der Waals surface area contributed by atoms with Gasteiger partial charge in [0, 0.05) is 24.7 Å². The monoisotopic (exact) mass is 331 g/mol. The van der Waals surface area contributed by atoms with Crippen LogP contribution in [0, 0.1) is 5.82 Å². The van der Waals surface area contributed by atoms with Crippen molar-refractivity contribution in [1.29, 1.82) is 0 Å². The fraction of sp³-hybridized carbons (Fsp3) is 0.353. The molecule has 2 N–H and O–H groups in total. The maximum atomic E-state index is 13.6. The zero-order chi connectivity index (χ0) is 17.4. The van der Waals surface area contributed by atoms with Crippen LogP contribution in [0.3, 0.4) is 0 Å². The van der Waals surface area contributed by atoms with Gasteiger partial charge in [0.1, 0.15) is 23.7 Å². The van der Waals surface area contributed by atoms with E-state index in [0.29, 0.717) is 17.9 Å². The summed E-state index contributed by atoms with van der Waals surface area (Å²) in [4.78, 5) is 22.2. The number of hydrogen-bond donors (Lipinski definition) is 2. The van der Waals surface area contributed by atoms with Crippen molar-refractivity contribution in [2.75, 3.05) is 32.5 Å². The first-order valence-electron chi connectivity index (χ1n) is 7.78. The number of nitrogens with one attached hydrogen (secondary N) is 2. The third-order valence-electron chi connectivity index (χ3n) is 3.39. The predicted octanol–water partition coefficient (Wildman–Crippen LogP) is 1.91. The number of carbonyl (C=O) groups excluding carboxylic acids is 1. The van der Waals surface area contributed by atoms with E-state index >= 15 is 0 Å². The average Bonchev–Trinajstić information content (AvgIpc) is 2.58. The molecule has 0 saturated heterocycles. The molecule has 0 bridgehead atoms. The van der Waals surface area contributed by atoms with E-state index in [4.69, 9.17) is 0 Å². The largest absolute Gasteiger partial charge is 0.366 e. The maximum Gasteiger partial charge on any atom is 0.270 e. The summed E-state index contributed by atoms with van der Waals surface area (Å²) in [6.45, 7) is 1.77. The van der Waals surface area contributed by atoms with Gasteiger partial charge in [0.15, 0.2) is 0 Å². The molecular formula is C17H22FN5O. The Morgan fingerprint density at radius 2 is 2.04 bits per heavy atom. The minimum atomic E-state index is -0.280. The molecule has 128 valence electrons. The molecule has 0 aliphatic carbocycles. The fourth-order valence-corrected chi connectivity index (χ4v) is 2.09. The number of benzene rings is 1. The van der Waals surface area contributed by atoms with Crippen molar-refractivity contribution in [2.45, 2.75) is 13.0 Å². The van der Waals surface area contributed by atoms with E-state index in [9.17, 15) is 9.18 Å². The predicted molar refractivity (Wildman–Crippen MR) is 91.3 cm³/mol. The van der Waals surface area contributed by atoms with E-state index < -0.39 is 0 Å². The van der Waals surface area contributed by atoms with Crippen LogP contribution in [0.15, 0.2) is 36.7 Å². The first-order valence-corrected chi connectivity index (χ1v) is 7.78. The van der Waals surface area contributed by atoms with Crippen molar-refractivity contribution >= 4 is 11.7 Å². The number of rotatable bonds is 8. The molecule has 1 aromatic heterocycles. The molecule has 1 amide bonds. The number of anilines is 1. The maximum absolute atomic E-state index is 13.6. The van der Waals surface area contributed by atoms with Crippen LogP contribution >= 0.6 is 0 Å². The molecule has 1 aromatic carbocycles. The van der Waals surface area contributed by atoms with E-state index in [1.165, 1.54) is 12.4 Å². The fourth-order valence-electron chi connectivity index (χ4n) is 2.09. The lowest BCUT2D eigenvalue weighted by molar-refractivity contribution is 0.0947. The molecule has 24 heavy (non-hydrogen) atoms. The van der Waals surface area contributed by atoms with E-state index in [1.807, 2.05) is 14.1 Å². The van der Waals surface area contributed by atoms with Gasteiger partial charge in [0.2, 0.25) is 0 Å². The van der Waals surface area contributed by atoms with Crippen molar-refractivity contribution < 1.29 is 9.18 Å². The Hall–Kier alpha value is -2.54. The Morgan fingerprint density at radius 3 is 2.79 bits per heavy atom. The van der Waals surface area contributed by atoms with Crippen LogP contribution in [-0.4, -0.2) is 48.0 Å². The third-order valence-corrected chi connectivity index (χ3v) is 3.39. The smallest absolute Gasteiger partial charge is 0.270 e. The molecular weight excluding hydrogens is 309 g/mol. The SMILES string of the molecule is CN(C)CCCNC(=O)c1cc(NCc2ccccc2F)ncn1. The highest BCUT2D eigenvalue weighted by molar-refractivity contribution is 5.92.